The van der Waals surface area contributed by atoms with E-state index in [1.165, 1.54) is 19.3 Å². The van der Waals surface area contributed by atoms with Crippen molar-refractivity contribution in [3.8, 4) is 0 Å². The summed E-state index contributed by atoms with van der Waals surface area (Å²) in [5.74, 6) is 4.14. The fraction of sp³-hybridized carbons (Fsp3) is 0.733. The molecule has 4 nitrogen and oxygen atoms in total. The molecule has 100 valence electrons. The predicted molar refractivity (Wildman–Crippen MR) is 72.0 cm³/mol. The third-order valence-corrected chi connectivity index (χ3v) is 5.85. The van der Waals surface area contributed by atoms with Crippen molar-refractivity contribution >= 4 is 5.82 Å². The van der Waals surface area contributed by atoms with Crippen molar-refractivity contribution < 1.29 is 0 Å². The number of aromatic nitrogens is 2. The van der Waals surface area contributed by atoms with Gasteiger partial charge < -0.3 is 9.88 Å². The molecule has 4 unspecified atom stereocenters. The summed E-state index contributed by atoms with van der Waals surface area (Å²) >= 11 is 0. The molecule has 0 radical (unpaired) electrons. The highest BCUT2D eigenvalue weighted by Gasteiger charge is 2.65. The molecular formula is C15H19N3O. The average molecular weight is 257 g/mol. The van der Waals surface area contributed by atoms with Gasteiger partial charge in [0.25, 0.3) is 5.56 Å². The van der Waals surface area contributed by atoms with E-state index < -0.39 is 0 Å². The molecule has 0 amide bonds. The molecule has 0 saturated heterocycles. The number of nitrogens with one attached hydrogen (secondary N) is 1. The molecule has 4 heteroatoms. The Labute approximate surface area is 112 Å². The second kappa shape index (κ2) is 3.41. The van der Waals surface area contributed by atoms with Gasteiger partial charge in [0.2, 0.25) is 0 Å². The van der Waals surface area contributed by atoms with Crippen LogP contribution in [0.5, 0.6) is 0 Å². The van der Waals surface area contributed by atoms with Crippen molar-refractivity contribution in [2.45, 2.75) is 44.2 Å². The fourth-order valence-corrected chi connectivity index (χ4v) is 4.84. The van der Waals surface area contributed by atoms with E-state index in [1.54, 1.807) is 6.20 Å². The first-order chi connectivity index (χ1) is 9.33. The third-order valence-electron chi connectivity index (χ3n) is 5.85. The van der Waals surface area contributed by atoms with Gasteiger partial charge in [0.1, 0.15) is 0 Å². The normalized spacial score (nSPS) is 42.2. The Balaban J connectivity index is 1.40. The summed E-state index contributed by atoms with van der Waals surface area (Å²) in [5, 5.41) is 3.47. The predicted octanol–water partition coefficient (Wildman–Crippen LogP) is 2.03. The Morgan fingerprint density at radius 1 is 1.16 bits per heavy atom. The van der Waals surface area contributed by atoms with Gasteiger partial charge in [-0.3, -0.25) is 4.79 Å². The maximum absolute atomic E-state index is 12.3. The van der Waals surface area contributed by atoms with Crippen LogP contribution < -0.4 is 10.9 Å². The Morgan fingerprint density at radius 2 is 1.89 bits per heavy atom. The van der Waals surface area contributed by atoms with E-state index >= 15 is 0 Å². The summed E-state index contributed by atoms with van der Waals surface area (Å²) in [6.45, 7) is 0. The van der Waals surface area contributed by atoms with Crippen LogP contribution in [0.2, 0.25) is 0 Å². The summed E-state index contributed by atoms with van der Waals surface area (Å²) in [5.41, 5.74) is 0.0855. The molecule has 19 heavy (non-hydrogen) atoms. The van der Waals surface area contributed by atoms with Gasteiger partial charge >= 0.3 is 0 Å². The van der Waals surface area contributed by atoms with E-state index in [-0.39, 0.29) is 5.56 Å². The largest absolute Gasteiger partial charge is 0.362 e. The van der Waals surface area contributed by atoms with Crippen LogP contribution in [0.25, 0.3) is 0 Å². The lowest BCUT2D eigenvalue weighted by Crippen LogP contribution is -2.26. The summed E-state index contributed by atoms with van der Waals surface area (Å²) in [4.78, 5) is 16.6. The van der Waals surface area contributed by atoms with Crippen LogP contribution in [-0.4, -0.2) is 15.6 Å². The minimum absolute atomic E-state index is 0.0855. The van der Waals surface area contributed by atoms with Gasteiger partial charge in [-0.2, -0.15) is 0 Å². The standard InChI is InChI=1S/C15H19N3O/c19-15-14(16-5-6-18(15)10-3-4-10)17-13-11-8-1-2-9(7-8)12(11)13/h5-6,8-13H,1-4,7H2,(H,16,17). The number of hydrogen-bond acceptors (Lipinski definition) is 3. The van der Waals surface area contributed by atoms with E-state index in [9.17, 15) is 4.79 Å². The second-order valence-electron chi connectivity index (χ2n) is 6.88. The van der Waals surface area contributed by atoms with Crippen molar-refractivity contribution in [1.29, 1.82) is 0 Å². The molecule has 4 aliphatic rings. The van der Waals surface area contributed by atoms with Crippen LogP contribution in [-0.2, 0) is 0 Å². The van der Waals surface area contributed by atoms with Crippen molar-refractivity contribution in [3.05, 3.63) is 22.7 Å². The van der Waals surface area contributed by atoms with E-state index in [0.29, 0.717) is 17.9 Å². The summed E-state index contributed by atoms with van der Waals surface area (Å²) in [6, 6.07) is 0.979. The highest BCUT2D eigenvalue weighted by atomic mass is 16.1. The van der Waals surface area contributed by atoms with E-state index in [0.717, 1.165) is 36.5 Å². The highest BCUT2D eigenvalue weighted by Crippen LogP contribution is 2.66. The number of fused-ring (bicyclic) bond motifs is 5. The van der Waals surface area contributed by atoms with Gasteiger partial charge in [-0.1, -0.05) is 0 Å². The lowest BCUT2D eigenvalue weighted by Gasteiger charge is -2.11. The molecule has 0 aromatic carbocycles. The summed E-state index contributed by atoms with van der Waals surface area (Å²) < 4.78 is 1.86. The van der Waals surface area contributed by atoms with Gasteiger partial charge in [0, 0.05) is 24.5 Å². The van der Waals surface area contributed by atoms with Gasteiger partial charge in [-0.15, -0.1) is 0 Å². The first-order valence-corrected chi connectivity index (χ1v) is 7.66. The first kappa shape index (κ1) is 10.5. The van der Waals surface area contributed by atoms with Crippen LogP contribution in [0.4, 0.5) is 5.82 Å². The molecule has 4 saturated carbocycles. The Kier molecular flexibility index (Phi) is 1.88. The average Bonchev–Trinajstić information content (AvgIpc) is 3.31. The Morgan fingerprint density at radius 3 is 2.58 bits per heavy atom. The van der Waals surface area contributed by atoms with E-state index in [2.05, 4.69) is 10.3 Å². The molecule has 5 rings (SSSR count). The zero-order valence-corrected chi connectivity index (χ0v) is 11.0. The molecule has 1 aromatic heterocycles. The third kappa shape index (κ3) is 1.40. The molecule has 0 aliphatic heterocycles. The molecule has 2 bridgehead atoms. The highest BCUT2D eigenvalue weighted by molar-refractivity contribution is 5.38. The smallest absolute Gasteiger partial charge is 0.293 e. The van der Waals surface area contributed by atoms with Crippen molar-refractivity contribution in [3.63, 3.8) is 0 Å². The lowest BCUT2D eigenvalue weighted by molar-refractivity contribution is 0.456. The number of hydrogen-bond donors (Lipinski definition) is 1. The summed E-state index contributed by atoms with van der Waals surface area (Å²) in [7, 11) is 0. The van der Waals surface area contributed by atoms with Crippen LogP contribution in [0.3, 0.4) is 0 Å². The zero-order valence-electron chi connectivity index (χ0n) is 11.0. The van der Waals surface area contributed by atoms with Crippen LogP contribution in [0.15, 0.2) is 17.2 Å². The molecular weight excluding hydrogens is 238 g/mol. The van der Waals surface area contributed by atoms with Gasteiger partial charge in [-0.25, -0.2) is 4.98 Å². The van der Waals surface area contributed by atoms with Crippen LogP contribution in [0.1, 0.15) is 38.1 Å². The molecule has 1 heterocycles. The number of anilines is 1. The Bertz CT molecular complexity index is 575. The monoisotopic (exact) mass is 257 g/mol. The molecule has 1 N–H and O–H groups in total. The molecule has 4 aliphatic carbocycles. The molecule has 0 spiro atoms. The number of rotatable bonds is 3. The maximum Gasteiger partial charge on any atom is 0.293 e. The van der Waals surface area contributed by atoms with Crippen molar-refractivity contribution in [2.24, 2.45) is 23.7 Å². The van der Waals surface area contributed by atoms with Crippen molar-refractivity contribution in [1.82, 2.24) is 9.55 Å². The lowest BCUT2D eigenvalue weighted by atomic mass is 10.0. The first-order valence-electron chi connectivity index (χ1n) is 7.66. The molecule has 4 fully saturated rings. The zero-order chi connectivity index (χ0) is 12.6. The molecule has 4 atom stereocenters. The van der Waals surface area contributed by atoms with Crippen LogP contribution in [0, 0.1) is 23.7 Å². The minimum Gasteiger partial charge on any atom is -0.362 e. The van der Waals surface area contributed by atoms with Crippen LogP contribution >= 0.6 is 0 Å². The minimum atomic E-state index is 0.0855. The van der Waals surface area contributed by atoms with Gasteiger partial charge in [0.15, 0.2) is 5.82 Å². The quantitative estimate of drug-likeness (QED) is 0.901. The van der Waals surface area contributed by atoms with E-state index in [1.807, 2.05) is 10.8 Å². The van der Waals surface area contributed by atoms with Gasteiger partial charge in [0.05, 0.1) is 0 Å². The number of nitrogens with zero attached hydrogens (tertiary/aromatic N) is 2. The second-order valence-corrected chi connectivity index (χ2v) is 6.88. The topological polar surface area (TPSA) is 46.9 Å². The summed E-state index contributed by atoms with van der Waals surface area (Å²) in [6.07, 6.45) is 10.2. The Hall–Kier alpha value is -1.32. The molecule has 1 aromatic rings. The maximum atomic E-state index is 12.3. The fourth-order valence-electron chi connectivity index (χ4n) is 4.84. The van der Waals surface area contributed by atoms with Crippen molar-refractivity contribution in [2.75, 3.05) is 5.32 Å². The van der Waals surface area contributed by atoms with Gasteiger partial charge in [-0.05, 0) is 55.8 Å². The van der Waals surface area contributed by atoms with E-state index in [4.69, 9.17) is 0 Å². The SMILES string of the molecule is O=c1c(NC2C3C4CCC(C4)C23)nccn1C1CC1.